The maximum Gasteiger partial charge on any atom is 0.270 e. The first-order valence-corrected chi connectivity index (χ1v) is 7.77. The van der Waals surface area contributed by atoms with E-state index in [1.165, 1.54) is 0 Å². The number of furan rings is 1. The van der Waals surface area contributed by atoms with Crippen molar-refractivity contribution in [2.75, 3.05) is 5.32 Å². The van der Waals surface area contributed by atoms with Gasteiger partial charge in [0.05, 0.1) is 12.8 Å². The molecular weight excluding hydrogens is 302 g/mol. The van der Waals surface area contributed by atoms with Crippen LogP contribution in [0, 0.1) is 6.92 Å². The average molecular weight is 321 g/mol. The number of amides is 1. The Labute approximate surface area is 140 Å². The molecule has 0 radical (unpaired) electrons. The zero-order chi connectivity index (χ0) is 16.8. The summed E-state index contributed by atoms with van der Waals surface area (Å²) < 4.78 is 5.27. The lowest BCUT2D eigenvalue weighted by atomic mass is 10.1. The Kier molecular flexibility index (Phi) is 4.91. The first kappa shape index (κ1) is 15.8. The molecule has 2 aromatic heterocycles. The molecular formula is C19H19N3O2. The van der Waals surface area contributed by atoms with Gasteiger partial charge in [0.15, 0.2) is 0 Å². The van der Waals surface area contributed by atoms with E-state index in [1.54, 1.807) is 18.5 Å². The van der Waals surface area contributed by atoms with E-state index in [2.05, 4.69) is 15.6 Å². The summed E-state index contributed by atoms with van der Waals surface area (Å²) in [6, 6.07) is 15.3. The number of rotatable bonds is 6. The van der Waals surface area contributed by atoms with Crippen molar-refractivity contribution in [3.05, 3.63) is 83.6 Å². The molecule has 2 heterocycles. The minimum Gasteiger partial charge on any atom is -0.467 e. The Morgan fingerprint density at radius 2 is 2.00 bits per heavy atom. The third-order valence-corrected chi connectivity index (χ3v) is 3.74. The third-order valence-electron chi connectivity index (χ3n) is 3.74. The van der Waals surface area contributed by atoms with Crippen molar-refractivity contribution < 1.29 is 9.21 Å². The number of anilines is 1. The standard InChI is InChI=1S/C19H19N3O2/c1-14-5-2-3-6-15(14)12-22-19(23)18-11-16(8-9-20-18)21-13-17-7-4-10-24-17/h2-11H,12-13H2,1H3,(H,20,21)(H,22,23). The highest BCUT2D eigenvalue weighted by Crippen LogP contribution is 2.11. The maximum absolute atomic E-state index is 12.3. The number of carbonyl (C=O) groups is 1. The zero-order valence-corrected chi connectivity index (χ0v) is 13.5. The van der Waals surface area contributed by atoms with Gasteiger partial charge in [-0.15, -0.1) is 0 Å². The van der Waals surface area contributed by atoms with Gasteiger partial charge < -0.3 is 15.1 Å². The molecule has 0 bridgehead atoms. The Hall–Kier alpha value is -3.08. The first-order valence-electron chi connectivity index (χ1n) is 7.77. The first-order chi connectivity index (χ1) is 11.7. The monoisotopic (exact) mass is 321 g/mol. The minimum atomic E-state index is -0.195. The fourth-order valence-electron chi connectivity index (χ4n) is 2.34. The highest BCUT2D eigenvalue weighted by atomic mass is 16.3. The van der Waals surface area contributed by atoms with Gasteiger partial charge in [-0.1, -0.05) is 24.3 Å². The van der Waals surface area contributed by atoms with Crippen LogP contribution in [0.25, 0.3) is 0 Å². The number of carbonyl (C=O) groups excluding carboxylic acids is 1. The van der Waals surface area contributed by atoms with Gasteiger partial charge in [-0.25, -0.2) is 0 Å². The van der Waals surface area contributed by atoms with Crippen molar-refractivity contribution in [2.45, 2.75) is 20.0 Å². The molecule has 0 fully saturated rings. The van der Waals surface area contributed by atoms with Crippen molar-refractivity contribution in [2.24, 2.45) is 0 Å². The van der Waals surface area contributed by atoms with Gasteiger partial charge in [0.1, 0.15) is 11.5 Å². The van der Waals surface area contributed by atoms with Crippen LogP contribution in [0.4, 0.5) is 5.69 Å². The number of nitrogens with one attached hydrogen (secondary N) is 2. The molecule has 5 heteroatoms. The molecule has 3 aromatic rings. The summed E-state index contributed by atoms with van der Waals surface area (Å²) >= 11 is 0. The second kappa shape index (κ2) is 7.46. The van der Waals surface area contributed by atoms with Gasteiger partial charge in [-0.05, 0) is 42.3 Å². The average Bonchev–Trinajstić information content (AvgIpc) is 3.13. The van der Waals surface area contributed by atoms with Gasteiger partial charge in [0.25, 0.3) is 5.91 Å². The van der Waals surface area contributed by atoms with E-state index in [-0.39, 0.29) is 5.91 Å². The highest BCUT2D eigenvalue weighted by molar-refractivity contribution is 5.93. The molecule has 0 saturated carbocycles. The van der Waals surface area contributed by atoms with Crippen molar-refractivity contribution in [3.8, 4) is 0 Å². The normalized spacial score (nSPS) is 10.4. The molecule has 0 aliphatic heterocycles. The van der Waals surface area contributed by atoms with Crippen LogP contribution in [-0.2, 0) is 13.1 Å². The quantitative estimate of drug-likeness (QED) is 0.729. The predicted octanol–water partition coefficient (Wildman–Crippen LogP) is 3.53. The molecule has 0 unspecified atom stereocenters. The summed E-state index contributed by atoms with van der Waals surface area (Å²) in [4.78, 5) is 16.4. The number of benzene rings is 1. The van der Waals surface area contributed by atoms with Crippen molar-refractivity contribution in [1.29, 1.82) is 0 Å². The second-order valence-corrected chi connectivity index (χ2v) is 5.47. The van der Waals surface area contributed by atoms with Crippen LogP contribution >= 0.6 is 0 Å². The summed E-state index contributed by atoms with van der Waals surface area (Å²) in [6.07, 6.45) is 3.25. The molecule has 5 nitrogen and oxygen atoms in total. The zero-order valence-electron chi connectivity index (χ0n) is 13.5. The van der Waals surface area contributed by atoms with E-state index in [9.17, 15) is 4.79 Å². The van der Waals surface area contributed by atoms with Crippen LogP contribution in [0.15, 0.2) is 65.4 Å². The number of hydrogen-bond acceptors (Lipinski definition) is 4. The van der Waals surface area contributed by atoms with Gasteiger partial charge in [0, 0.05) is 18.4 Å². The summed E-state index contributed by atoms with van der Waals surface area (Å²) in [6.45, 7) is 3.07. The second-order valence-electron chi connectivity index (χ2n) is 5.47. The molecule has 0 atom stereocenters. The van der Waals surface area contributed by atoms with Gasteiger partial charge >= 0.3 is 0 Å². The van der Waals surface area contributed by atoms with Crippen molar-refractivity contribution in [3.63, 3.8) is 0 Å². The Morgan fingerprint density at radius 1 is 1.12 bits per heavy atom. The van der Waals surface area contributed by atoms with E-state index in [1.807, 2.05) is 49.4 Å². The van der Waals surface area contributed by atoms with Gasteiger partial charge in [-0.3, -0.25) is 9.78 Å². The molecule has 0 aliphatic carbocycles. The topological polar surface area (TPSA) is 67.2 Å². The SMILES string of the molecule is Cc1ccccc1CNC(=O)c1cc(NCc2ccco2)ccn1. The van der Waals surface area contributed by atoms with Gasteiger partial charge in [0.2, 0.25) is 0 Å². The lowest BCUT2D eigenvalue weighted by molar-refractivity contribution is 0.0946. The Balaban J connectivity index is 1.60. The molecule has 24 heavy (non-hydrogen) atoms. The van der Waals surface area contributed by atoms with E-state index in [0.717, 1.165) is 22.6 Å². The largest absolute Gasteiger partial charge is 0.467 e. The molecule has 0 aliphatic rings. The van der Waals surface area contributed by atoms with Crippen LogP contribution in [0.5, 0.6) is 0 Å². The number of hydrogen-bond donors (Lipinski definition) is 2. The Morgan fingerprint density at radius 3 is 2.79 bits per heavy atom. The van der Waals surface area contributed by atoms with Crippen LogP contribution in [0.1, 0.15) is 27.4 Å². The summed E-state index contributed by atoms with van der Waals surface area (Å²) in [5.74, 6) is 0.636. The lowest BCUT2D eigenvalue weighted by Crippen LogP contribution is -2.24. The fraction of sp³-hybridized carbons (Fsp3) is 0.158. The third kappa shape index (κ3) is 4.01. The Bertz CT molecular complexity index is 813. The molecule has 3 rings (SSSR count). The number of nitrogens with zero attached hydrogens (tertiary/aromatic N) is 1. The molecule has 0 saturated heterocycles. The smallest absolute Gasteiger partial charge is 0.270 e. The number of aryl methyl sites for hydroxylation is 1. The summed E-state index contributed by atoms with van der Waals surface area (Å²) in [5.41, 5.74) is 3.45. The lowest BCUT2D eigenvalue weighted by Gasteiger charge is -2.09. The molecule has 1 aromatic carbocycles. The minimum absolute atomic E-state index is 0.195. The highest BCUT2D eigenvalue weighted by Gasteiger charge is 2.08. The maximum atomic E-state index is 12.3. The predicted molar refractivity (Wildman–Crippen MR) is 92.6 cm³/mol. The van der Waals surface area contributed by atoms with E-state index in [0.29, 0.717) is 18.8 Å². The molecule has 1 amide bonds. The number of pyridine rings is 1. The molecule has 122 valence electrons. The van der Waals surface area contributed by atoms with Crippen LogP contribution in [-0.4, -0.2) is 10.9 Å². The van der Waals surface area contributed by atoms with Crippen molar-refractivity contribution in [1.82, 2.24) is 10.3 Å². The summed E-state index contributed by atoms with van der Waals surface area (Å²) in [5, 5.41) is 6.12. The van der Waals surface area contributed by atoms with Crippen LogP contribution in [0.2, 0.25) is 0 Å². The van der Waals surface area contributed by atoms with E-state index >= 15 is 0 Å². The number of aromatic nitrogens is 1. The van der Waals surface area contributed by atoms with E-state index < -0.39 is 0 Å². The molecule has 0 spiro atoms. The van der Waals surface area contributed by atoms with Crippen molar-refractivity contribution >= 4 is 11.6 Å². The van der Waals surface area contributed by atoms with Crippen LogP contribution in [0.3, 0.4) is 0 Å². The van der Waals surface area contributed by atoms with Crippen LogP contribution < -0.4 is 10.6 Å². The molecule has 2 N–H and O–H groups in total. The fourth-order valence-corrected chi connectivity index (χ4v) is 2.34. The van der Waals surface area contributed by atoms with Gasteiger partial charge in [-0.2, -0.15) is 0 Å². The summed E-state index contributed by atoms with van der Waals surface area (Å²) in [7, 11) is 0. The van der Waals surface area contributed by atoms with E-state index in [4.69, 9.17) is 4.42 Å².